The number of hydrogen-bond donors (Lipinski definition) is 1. The third kappa shape index (κ3) is 4.62. The maximum atomic E-state index is 4.49. The zero-order chi connectivity index (χ0) is 14.2. The smallest absolute Gasteiger partial charge is 0.0564 e. The van der Waals surface area contributed by atoms with Gasteiger partial charge in [-0.05, 0) is 36.5 Å². The summed E-state index contributed by atoms with van der Waals surface area (Å²) in [5, 5.41) is 5.55. The number of thiophene rings is 1. The van der Waals surface area contributed by atoms with Crippen molar-refractivity contribution in [3.63, 3.8) is 0 Å². The third-order valence-electron chi connectivity index (χ3n) is 3.19. The topological polar surface area (TPSA) is 28.2 Å². The predicted octanol–water partition coefficient (Wildman–Crippen LogP) is 3.99. The summed E-state index contributed by atoms with van der Waals surface area (Å²) < 4.78 is 0. The molecule has 108 valence electrons. The first-order chi connectivity index (χ1) is 9.81. The molecule has 0 bridgehead atoms. The van der Waals surface area contributed by atoms with Crippen molar-refractivity contribution in [1.29, 1.82) is 0 Å². The Kier molecular flexibility index (Phi) is 6.02. The Morgan fingerprint density at radius 2 is 2.15 bits per heavy atom. The van der Waals surface area contributed by atoms with E-state index in [1.54, 1.807) is 0 Å². The summed E-state index contributed by atoms with van der Waals surface area (Å²) in [6.07, 6.45) is 3.03. The van der Waals surface area contributed by atoms with Crippen molar-refractivity contribution in [1.82, 2.24) is 9.88 Å². The lowest BCUT2D eigenvalue weighted by Gasteiger charge is -2.19. The van der Waals surface area contributed by atoms with Crippen molar-refractivity contribution < 1.29 is 0 Å². The molecule has 0 fully saturated rings. The molecule has 4 heteroatoms. The van der Waals surface area contributed by atoms with Crippen LogP contribution >= 0.6 is 11.3 Å². The first-order valence-electron chi connectivity index (χ1n) is 7.25. The average Bonchev–Trinajstić information content (AvgIpc) is 2.98. The van der Waals surface area contributed by atoms with Crippen molar-refractivity contribution in [2.75, 3.05) is 18.4 Å². The molecule has 0 amide bonds. The highest BCUT2D eigenvalue weighted by molar-refractivity contribution is 7.09. The number of nitrogens with one attached hydrogen (secondary N) is 1. The first kappa shape index (κ1) is 15.0. The van der Waals surface area contributed by atoms with Crippen LogP contribution in [-0.4, -0.2) is 23.0 Å². The average molecular weight is 289 g/mol. The van der Waals surface area contributed by atoms with E-state index in [-0.39, 0.29) is 0 Å². The lowest BCUT2D eigenvalue weighted by atomic mass is 10.2. The van der Waals surface area contributed by atoms with Crippen LogP contribution in [0, 0.1) is 0 Å². The Hall–Kier alpha value is -1.39. The largest absolute Gasteiger partial charge is 0.385 e. The van der Waals surface area contributed by atoms with E-state index in [1.807, 2.05) is 23.6 Å². The van der Waals surface area contributed by atoms with Crippen LogP contribution < -0.4 is 5.32 Å². The van der Waals surface area contributed by atoms with Gasteiger partial charge in [-0.25, -0.2) is 0 Å². The van der Waals surface area contributed by atoms with Crippen LogP contribution in [0.4, 0.5) is 5.69 Å². The van der Waals surface area contributed by atoms with Crippen LogP contribution in [0.5, 0.6) is 0 Å². The number of hydrogen-bond acceptors (Lipinski definition) is 4. The molecule has 2 rings (SSSR count). The second kappa shape index (κ2) is 8.02. The van der Waals surface area contributed by atoms with Gasteiger partial charge in [0.05, 0.1) is 5.69 Å². The number of pyridine rings is 1. The van der Waals surface area contributed by atoms with Crippen LogP contribution in [-0.2, 0) is 13.1 Å². The lowest BCUT2D eigenvalue weighted by Crippen LogP contribution is -2.22. The van der Waals surface area contributed by atoms with Crippen LogP contribution in [0.1, 0.15) is 30.8 Å². The van der Waals surface area contributed by atoms with Gasteiger partial charge in [0.2, 0.25) is 0 Å². The predicted molar refractivity (Wildman–Crippen MR) is 87.1 cm³/mol. The van der Waals surface area contributed by atoms with E-state index in [9.17, 15) is 0 Å². The number of rotatable bonds is 8. The van der Waals surface area contributed by atoms with Crippen molar-refractivity contribution in [3.05, 3.63) is 46.4 Å². The first-order valence-corrected chi connectivity index (χ1v) is 8.13. The highest BCUT2D eigenvalue weighted by Crippen LogP contribution is 2.15. The van der Waals surface area contributed by atoms with Gasteiger partial charge in [-0.15, -0.1) is 11.3 Å². The molecule has 0 aromatic carbocycles. The van der Waals surface area contributed by atoms with Gasteiger partial charge in [0, 0.05) is 36.4 Å². The normalized spacial score (nSPS) is 10.9. The Morgan fingerprint density at radius 1 is 1.25 bits per heavy atom. The van der Waals surface area contributed by atoms with E-state index in [1.165, 1.54) is 10.6 Å². The van der Waals surface area contributed by atoms with E-state index in [4.69, 9.17) is 0 Å². The van der Waals surface area contributed by atoms with E-state index in [0.29, 0.717) is 0 Å². The van der Waals surface area contributed by atoms with E-state index < -0.39 is 0 Å². The molecule has 1 N–H and O–H groups in total. The maximum absolute atomic E-state index is 4.49. The summed E-state index contributed by atoms with van der Waals surface area (Å²) in [7, 11) is 0. The fourth-order valence-electron chi connectivity index (χ4n) is 2.08. The minimum absolute atomic E-state index is 0.899. The molecule has 0 saturated carbocycles. The van der Waals surface area contributed by atoms with E-state index in [2.05, 4.69) is 52.6 Å². The number of nitrogens with zero attached hydrogens (tertiary/aromatic N) is 2. The highest BCUT2D eigenvalue weighted by Gasteiger charge is 2.07. The van der Waals surface area contributed by atoms with Crippen LogP contribution in [0.25, 0.3) is 0 Å². The lowest BCUT2D eigenvalue weighted by molar-refractivity contribution is 0.270. The summed E-state index contributed by atoms with van der Waals surface area (Å²) in [6.45, 7) is 8.32. The summed E-state index contributed by atoms with van der Waals surface area (Å²) in [5.74, 6) is 0. The Labute approximate surface area is 125 Å². The second-order valence-corrected chi connectivity index (χ2v) is 5.88. The van der Waals surface area contributed by atoms with Crippen molar-refractivity contribution in [2.45, 2.75) is 33.4 Å². The van der Waals surface area contributed by atoms with Gasteiger partial charge in [0.15, 0.2) is 0 Å². The number of aromatic nitrogens is 1. The molecule has 2 aromatic heterocycles. The summed E-state index contributed by atoms with van der Waals surface area (Å²) in [6, 6.07) is 8.50. The minimum Gasteiger partial charge on any atom is -0.385 e. The summed E-state index contributed by atoms with van der Waals surface area (Å²) in [4.78, 5) is 8.31. The van der Waals surface area contributed by atoms with Gasteiger partial charge in [-0.1, -0.05) is 19.9 Å². The Bertz CT molecular complexity index is 496. The Morgan fingerprint density at radius 3 is 2.85 bits per heavy atom. The molecule has 0 aliphatic heterocycles. The van der Waals surface area contributed by atoms with Crippen LogP contribution in [0.15, 0.2) is 35.8 Å². The molecular weight excluding hydrogens is 266 g/mol. The van der Waals surface area contributed by atoms with Crippen LogP contribution in [0.3, 0.4) is 0 Å². The van der Waals surface area contributed by atoms with Gasteiger partial charge in [0.1, 0.15) is 0 Å². The van der Waals surface area contributed by atoms with Gasteiger partial charge < -0.3 is 5.32 Å². The van der Waals surface area contributed by atoms with Gasteiger partial charge in [0.25, 0.3) is 0 Å². The van der Waals surface area contributed by atoms with Gasteiger partial charge >= 0.3 is 0 Å². The zero-order valence-corrected chi connectivity index (χ0v) is 13.1. The summed E-state index contributed by atoms with van der Waals surface area (Å²) in [5.41, 5.74) is 2.30. The van der Waals surface area contributed by atoms with Crippen molar-refractivity contribution in [2.24, 2.45) is 0 Å². The van der Waals surface area contributed by atoms with Gasteiger partial charge in [-0.2, -0.15) is 0 Å². The molecule has 0 saturated heterocycles. The summed E-state index contributed by atoms with van der Waals surface area (Å²) >= 11 is 1.82. The zero-order valence-electron chi connectivity index (χ0n) is 12.3. The fourth-order valence-corrected chi connectivity index (χ4v) is 2.82. The standard InChI is InChI=1S/C16H23N3S/c1-3-8-17-14-7-9-18-15(11-14)12-19(4-2)13-16-6-5-10-20-16/h5-7,9-11H,3-4,8,12-13H2,1-2H3,(H,17,18). The molecule has 3 nitrogen and oxygen atoms in total. The van der Waals surface area contributed by atoms with Crippen LogP contribution in [0.2, 0.25) is 0 Å². The molecule has 0 spiro atoms. The fraction of sp³-hybridized carbons (Fsp3) is 0.438. The molecule has 2 heterocycles. The van der Waals surface area contributed by atoms with Crippen molar-refractivity contribution in [3.8, 4) is 0 Å². The quantitative estimate of drug-likeness (QED) is 0.796. The molecule has 0 radical (unpaired) electrons. The molecule has 0 unspecified atom stereocenters. The highest BCUT2D eigenvalue weighted by atomic mass is 32.1. The second-order valence-electron chi connectivity index (χ2n) is 4.85. The maximum Gasteiger partial charge on any atom is 0.0564 e. The van der Waals surface area contributed by atoms with Crippen molar-refractivity contribution >= 4 is 17.0 Å². The molecule has 0 aliphatic rings. The molecular formula is C16H23N3S. The SMILES string of the molecule is CCCNc1ccnc(CN(CC)Cc2cccs2)c1. The van der Waals surface area contributed by atoms with E-state index in [0.717, 1.165) is 38.3 Å². The van der Waals surface area contributed by atoms with Gasteiger partial charge in [-0.3, -0.25) is 9.88 Å². The monoisotopic (exact) mass is 289 g/mol. The molecule has 0 atom stereocenters. The Balaban J connectivity index is 1.96. The molecule has 0 aliphatic carbocycles. The third-order valence-corrected chi connectivity index (χ3v) is 4.05. The minimum atomic E-state index is 0.899. The molecule has 20 heavy (non-hydrogen) atoms. The van der Waals surface area contributed by atoms with E-state index >= 15 is 0 Å². The molecule has 2 aromatic rings. The number of anilines is 1.